The van der Waals surface area contributed by atoms with Crippen LogP contribution < -0.4 is 0 Å². The average Bonchev–Trinajstić information content (AvgIpc) is 2.78. The van der Waals surface area contributed by atoms with Crippen LogP contribution >= 0.6 is 0 Å². The summed E-state index contributed by atoms with van der Waals surface area (Å²) in [6.07, 6.45) is 0.690. The molecule has 1 aromatic carbocycles. The van der Waals surface area contributed by atoms with E-state index < -0.39 is 35.8 Å². The molecule has 2 amide bonds. The Hall–Kier alpha value is -2.21. The predicted molar refractivity (Wildman–Crippen MR) is 85.4 cm³/mol. The maximum atomic E-state index is 12.8. The van der Waals surface area contributed by atoms with Gasteiger partial charge in [-0.25, -0.2) is 0 Å². The van der Waals surface area contributed by atoms with Gasteiger partial charge in [0.15, 0.2) is 0 Å². The van der Waals surface area contributed by atoms with E-state index in [1.807, 2.05) is 6.92 Å². The molecule has 1 aliphatic heterocycles. The maximum Gasteiger partial charge on any atom is 0.313 e. The van der Waals surface area contributed by atoms with Crippen LogP contribution in [0.4, 0.5) is 0 Å². The minimum atomic E-state index is -0.908. The molecular weight excluding hydrogens is 310 g/mol. The molecule has 2 aliphatic rings. The fraction of sp³-hybridized carbons (Fsp3) is 0.500. The van der Waals surface area contributed by atoms with Crippen LogP contribution in [0.3, 0.4) is 0 Å². The summed E-state index contributed by atoms with van der Waals surface area (Å²) in [5, 5.41) is 10.3. The first kappa shape index (κ1) is 16.6. The van der Waals surface area contributed by atoms with Crippen molar-refractivity contribution < 1.29 is 24.2 Å². The van der Waals surface area contributed by atoms with Gasteiger partial charge in [-0.1, -0.05) is 11.6 Å². The van der Waals surface area contributed by atoms with Crippen molar-refractivity contribution in [2.45, 2.75) is 45.3 Å². The topological polar surface area (TPSA) is 83.9 Å². The Kier molecular flexibility index (Phi) is 4.41. The zero-order valence-electron chi connectivity index (χ0n) is 13.8. The summed E-state index contributed by atoms with van der Waals surface area (Å²) >= 11 is 0. The third kappa shape index (κ3) is 2.60. The molecule has 1 fully saturated rings. The minimum absolute atomic E-state index is 0.191. The normalized spacial score (nSPS) is 26.5. The molecule has 0 unspecified atom stereocenters. The van der Waals surface area contributed by atoms with Gasteiger partial charge in [-0.05, 0) is 45.2 Å². The van der Waals surface area contributed by atoms with E-state index in [9.17, 15) is 19.5 Å². The number of imide groups is 1. The van der Waals surface area contributed by atoms with Crippen molar-refractivity contribution in [2.75, 3.05) is 6.61 Å². The van der Waals surface area contributed by atoms with Crippen LogP contribution in [0, 0.1) is 12.8 Å². The van der Waals surface area contributed by atoms with Crippen molar-refractivity contribution in [1.29, 1.82) is 0 Å². The van der Waals surface area contributed by atoms with E-state index in [0.717, 1.165) is 10.5 Å². The highest BCUT2D eigenvalue weighted by Gasteiger charge is 2.48. The number of amides is 2. The van der Waals surface area contributed by atoms with Crippen LogP contribution in [0.1, 0.15) is 52.5 Å². The molecule has 0 aromatic heterocycles. The molecule has 0 saturated heterocycles. The fourth-order valence-corrected chi connectivity index (χ4v) is 3.67. The zero-order valence-corrected chi connectivity index (χ0v) is 13.8. The van der Waals surface area contributed by atoms with E-state index in [4.69, 9.17) is 4.74 Å². The highest BCUT2D eigenvalue weighted by Crippen LogP contribution is 2.35. The van der Waals surface area contributed by atoms with E-state index in [2.05, 4.69) is 0 Å². The summed E-state index contributed by atoms with van der Waals surface area (Å²) in [5.74, 6) is -2.24. The molecule has 3 rings (SSSR count). The number of carbonyl (C=O) groups is 3. The van der Waals surface area contributed by atoms with E-state index in [1.165, 1.54) is 0 Å². The van der Waals surface area contributed by atoms with Gasteiger partial charge >= 0.3 is 5.97 Å². The number of aliphatic hydroxyl groups excluding tert-OH is 1. The Morgan fingerprint density at radius 1 is 1.25 bits per heavy atom. The summed E-state index contributed by atoms with van der Waals surface area (Å²) in [6, 6.07) is 4.45. The highest BCUT2D eigenvalue weighted by atomic mass is 16.5. The molecule has 3 atom stereocenters. The summed E-state index contributed by atoms with van der Waals surface area (Å²) in [7, 11) is 0. The molecule has 1 heterocycles. The number of ether oxygens (including phenoxy) is 1. The smallest absolute Gasteiger partial charge is 0.313 e. The molecule has 1 aromatic rings. The van der Waals surface area contributed by atoms with Gasteiger partial charge < -0.3 is 9.84 Å². The number of aliphatic hydroxyl groups is 1. The number of hydrogen-bond donors (Lipinski definition) is 1. The van der Waals surface area contributed by atoms with E-state index >= 15 is 0 Å². The van der Waals surface area contributed by atoms with E-state index in [1.54, 1.807) is 25.1 Å². The van der Waals surface area contributed by atoms with Crippen LogP contribution in [0.15, 0.2) is 18.2 Å². The van der Waals surface area contributed by atoms with Gasteiger partial charge in [0, 0.05) is 0 Å². The number of carbonyl (C=O) groups excluding carboxylic acids is 3. The van der Waals surface area contributed by atoms with Crippen LogP contribution in [0.5, 0.6) is 0 Å². The molecule has 1 aliphatic carbocycles. The summed E-state index contributed by atoms with van der Waals surface area (Å²) in [4.78, 5) is 38.9. The third-order valence-electron chi connectivity index (χ3n) is 4.79. The van der Waals surface area contributed by atoms with Crippen molar-refractivity contribution in [2.24, 2.45) is 5.92 Å². The second-order valence-electron chi connectivity index (χ2n) is 6.37. The number of esters is 1. The van der Waals surface area contributed by atoms with Gasteiger partial charge in [-0.15, -0.1) is 0 Å². The van der Waals surface area contributed by atoms with Crippen molar-refractivity contribution in [3.8, 4) is 0 Å². The Morgan fingerprint density at radius 3 is 2.67 bits per heavy atom. The van der Waals surface area contributed by atoms with Crippen molar-refractivity contribution in [3.63, 3.8) is 0 Å². The highest BCUT2D eigenvalue weighted by molar-refractivity contribution is 6.21. The van der Waals surface area contributed by atoms with Crippen LogP contribution in [-0.4, -0.2) is 46.5 Å². The summed E-state index contributed by atoms with van der Waals surface area (Å²) in [6.45, 7) is 3.73. The molecule has 128 valence electrons. The second-order valence-corrected chi connectivity index (χ2v) is 6.37. The molecule has 24 heavy (non-hydrogen) atoms. The van der Waals surface area contributed by atoms with Gasteiger partial charge in [-0.3, -0.25) is 19.3 Å². The van der Waals surface area contributed by atoms with Gasteiger partial charge in [0.2, 0.25) is 0 Å². The number of nitrogens with zero attached hydrogens (tertiary/aromatic N) is 1. The molecule has 0 spiro atoms. The SMILES string of the molecule is CCOC(=O)[C@H]1[C@@H](O)CCC[C@@H]1N1C(=O)c2ccc(C)cc2C1=O. The lowest BCUT2D eigenvalue weighted by molar-refractivity contribution is -0.156. The Labute approximate surface area is 140 Å². The van der Waals surface area contributed by atoms with E-state index in [0.29, 0.717) is 30.4 Å². The Balaban J connectivity index is 1.96. The molecule has 6 nitrogen and oxygen atoms in total. The first-order valence-corrected chi connectivity index (χ1v) is 8.29. The Morgan fingerprint density at radius 2 is 1.96 bits per heavy atom. The lowest BCUT2D eigenvalue weighted by atomic mass is 9.81. The number of rotatable bonds is 3. The molecule has 1 saturated carbocycles. The lowest BCUT2D eigenvalue weighted by Gasteiger charge is -2.38. The largest absolute Gasteiger partial charge is 0.466 e. The van der Waals surface area contributed by atoms with Gasteiger partial charge in [-0.2, -0.15) is 0 Å². The lowest BCUT2D eigenvalue weighted by Crippen LogP contribution is -2.53. The molecular formula is C18H21NO5. The molecule has 0 radical (unpaired) electrons. The molecule has 1 N–H and O–H groups in total. The van der Waals surface area contributed by atoms with Crippen molar-refractivity contribution in [3.05, 3.63) is 34.9 Å². The van der Waals surface area contributed by atoms with Gasteiger partial charge in [0.25, 0.3) is 11.8 Å². The second kappa shape index (κ2) is 6.36. The van der Waals surface area contributed by atoms with E-state index in [-0.39, 0.29) is 6.61 Å². The first-order valence-electron chi connectivity index (χ1n) is 8.29. The standard InChI is InChI=1S/C18H21NO5/c1-3-24-18(23)15-13(5-4-6-14(15)20)19-16(21)11-8-7-10(2)9-12(11)17(19)22/h7-9,13-15,20H,3-6H2,1-2H3/t13-,14-,15+/m0/s1. The maximum absolute atomic E-state index is 12.8. The van der Waals surface area contributed by atoms with Gasteiger partial charge in [0.1, 0.15) is 5.92 Å². The quantitative estimate of drug-likeness (QED) is 0.673. The zero-order chi connectivity index (χ0) is 17.4. The summed E-state index contributed by atoms with van der Waals surface area (Å²) < 4.78 is 5.06. The van der Waals surface area contributed by atoms with Crippen LogP contribution in [-0.2, 0) is 9.53 Å². The summed E-state index contributed by atoms with van der Waals surface area (Å²) in [5.41, 5.74) is 1.61. The average molecular weight is 331 g/mol. The van der Waals surface area contributed by atoms with Crippen molar-refractivity contribution in [1.82, 2.24) is 4.90 Å². The monoisotopic (exact) mass is 331 g/mol. The third-order valence-corrected chi connectivity index (χ3v) is 4.79. The number of aryl methyl sites for hydroxylation is 1. The Bertz CT molecular complexity index is 699. The number of benzene rings is 1. The molecule has 0 bridgehead atoms. The first-order chi connectivity index (χ1) is 11.5. The van der Waals surface area contributed by atoms with Crippen LogP contribution in [0.25, 0.3) is 0 Å². The number of hydrogen-bond acceptors (Lipinski definition) is 5. The number of fused-ring (bicyclic) bond motifs is 1. The molecule has 6 heteroatoms. The van der Waals surface area contributed by atoms with Crippen molar-refractivity contribution >= 4 is 17.8 Å². The van der Waals surface area contributed by atoms with Crippen LogP contribution in [0.2, 0.25) is 0 Å². The minimum Gasteiger partial charge on any atom is -0.466 e. The van der Waals surface area contributed by atoms with Gasteiger partial charge in [0.05, 0.1) is 29.9 Å². The predicted octanol–water partition coefficient (Wildman–Crippen LogP) is 1.68. The fourth-order valence-electron chi connectivity index (χ4n) is 3.67.